The number of hydrogen-bond donors (Lipinski definition) is 3. The van der Waals surface area contributed by atoms with Crippen molar-refractivity contribution < 1.29 is 13.2 Å². The summed E-state index contributed by atoms with van der Waals surface area (Å²) < 4.78 is 37.5. The molecule has 102 valence electrons. The van der Waals surface area contributed by atoms with Gasteiger partial charge in [0.1, 0.15) is 0 Å². The van der Waals surface area contributed by atoms with Gasteiger partial charge in [0.25, 0.3) is 0 Å². The Labute approximate surface area is 108 Å². The third-order valence-corrected chi connectivity index (χ3v) is 2.99. The lowest BCUT2D eigenvalue weighted by molar-refractivity contribution is -0.137. The quantitative estimate of drug-likeness (QED) is 0.726. The molecule has 0 saturated heterocycles. The Morgan fingerprint density at radius 3 is 2.32 bits per heavy atom. The fourth-order valence-corrected chi connectivity index (χ4v) is 1.81. The zero-order valence-electron chi connectivity index (χ0n) is 10.1. The Balaban J connectivity index is 2.42. The second kappa shape index (κ2) is 4.27. The van der Waals surface area contributed by atoms with Crippen molar-refractivity contribution >= 4 is 5.96 Å². The second-order valence-electron chi connectivity index (χ2n) is 4.31. The molecular formula is C12H13F3N4. The van der Waals surface area contributed by atoms with E-state index in [-0.39, 0.29) is 5.96 Å². The van der Waals surface area contributed by atoms with Gasteiger partial charge in [-0.25, -0.2) is 4.99 Å². The van der Waals surface area contributed by atoms with Gasteiger partial charge in [0, 0.05) is 6.20 Å². The summed E-state index contributed by atoms with van der Waals surface area (Å²) in [5, 5.41) is 2.70. The molecule has 1 aliphatic rings. The van der Waals surface area contributed by atoms with Crippen LogP contribution < -0.4 is 16.8 Å². The topological polar surface area (TPSA) is 76.4 Å². The summed E-state index contributed by atoms with van der Waals surface area (Å²) in [4.78, 5) is 4.07. The molecule has 0 radical (unpaired) electrons. The smallest absolute Gasteiger partial charge is 0.370 e. The maximum Gasteiger partial charge on any atom is 0.416 e. The molecule has 4 nitrogen and oxygen atoms in total. The van der Waals surface area contributed by atoms with E-state index in [4.69, 9.17) is 11.5 Å². The van der Waals surface area contributed by atoms with Gasteiger partial charge in [-0.2, -0.15) is 13.2 Å². The first-order chi connectivity index (χ1) is 8.73. The number of nitrogens with two attached hydrogens (primary N) is 2. The van der Waals surface area contributed by atoms with Gasteiger partial charge in [0.2, 0.25) is 0 Å². The summed E-state index contributed by atoms with van der Waals surface area (Å²) >= 11 is 0. The van der Waals surface area contributed by atoms with E-state index in [1.807, 2.05) is 0 Å². The normalized spacial score (nSPS) is 23.4. The molecule has 0 fully saturated rings. The van der Waals surface area contributed by atoms with Gasteiger partial charge in [-0.05, 0) is 30.2 Å². The van der Waals surface area contributed by atoms with Crippen molar-refractivity contribution in [3.8, 4) is 0 Å². The van der Waals surface area contributed by atoms with Gasteiger partial charge in [-0.15, -0.1) is 0 Å². The van der Waals surface area contributed by atoms with E-state index in [1.165, 1.54) is 12.1 Å². The maximum absolute atomic E-state index is 12.5. The lowest BCUT2D eigenvalue weighted by Crippen LogP contribution is -2.45. The van der Waals surface area contributed by atoms with Crippen molar-refractivity contribution in [2.45, 2.75) is 18.8 Å². The van der Waals surface area contributed by atoms with Crippen molar-refractivity contribution in [1.29, 1.82) is 0 Å². The van der Waals surface area contributed by atoms with Crippen LogP contribution in [0.15, 0.2) is 41.0 Å². The number of hydrogen-bond acceptors (Lipinski definition) is 4. The first-order valence-corrected chi connectivity index (χ1v) is 5.49. The fourth-order valence-electron chi connectivity index (χ4n) is 1.81. The number of guanidine groups is 1. The first kappa shape index (κ1) is 13.4. The summed E-state index contributed by atoms with van der Waals surface area (Å²) in [6.45, 7) is 1.72. The van der Waals surface area contributed by atoms with Gasteiger partial charge in [0.15, 0.2) is 11.6 Å². The Bertz CT molecular complexity index is 545. The van der Waals surface area contributed by atoms with Gasteiger partial charge >= 0.3 is 6.18 Å². The van der Waals surface area contributed by atoms with Crippen LogP contribution in [0, 0.1) is 0 Å². The number of alkyl halides is 3. The molecule has 0 saturated carbocycles. The Morgan fingerprint density at radius 1 is 1.21 bits per heavy atom. The molecule has 0 amide bonds. The van der Waals surface area contributed by atoms with Gasteiger partial charge in [0.05, 0.1) is 5.56 Å². The molecule has 2 rings (SSSR count). The Hall–Kier alpha value is -2.02. The third kappa shape index (κ3) is 2.41. The maximum atomic E-state index is 12.5. The van der Waals surface area contributed by atoms with Crippen LogP contribution in [-0.4, -0.2) is 5.96 Å². The van der Waals surface area contributed by atoms with Gasteiger partial charge in [-0.1, -0.05) is 12.1 Å². The summed E-state index contributed by atoms with van der Waals surface area (Å²) in [5.41, 5.74) is 10.8. The van der Waals surface area contributed by atoms with Gasteiger partial charge in [-0.3, -0.25) is 5.73 Å². The number of halogens is 3. The molecule has 5 N–H and O–H groups in total. The number of rotatable bonds is 1. The van der Waals surface area contributed by atoms with E-state index in [9.17, 15) is 13.2 Å². The minimum atomic E-state index is -4.37. The summed E-state index contributed by atoms with van der Waals surface area (Å²) in [6, 6.07) is 4.57. The molecule has 19 heavy (non-hydrogen) atoms. The highest BCUT2D eigenvalue weighted by Crippen LogP contribution is 2.33. The van der Waals surface area contributed by atoms with Crippen molar-refractivity contribution in [3.05, 3.63) is 47.2 Å². The lowest BCUT2D eigenvalue weighted by atomic mass is 9.92. The molecular weight excluding hydrogens is 257 g/mol. The van der Waals surface area contributed by atoms with Crippen molar-refractivity contribution in [2.75, 3.05) is 0 Å². The van der Waals surface area contributed by atoms with E-state index >= 15 is 0 Å². The molecule has 1 heterocycles. The van der Waals surface area contributed by atoms with Gasteiger partial charge < -0.3 is 11.1 Å². The molecule has 0 aromatic heterocycles. The summed E-state index contributed by atoms with van der Waals surface area (Å²) in [7, 11) is 0. The molecule has 1 aromatic carbocycles. The highest BCUT2D eigenvalue weighted by atomic mass is 19.4. The molecule has 0 aliphatic carbocycles. The van der Waals surface area contributed by atoms with Crippen LogP contribution in [0.2, 0.25) is 0 Å². The van der Waals surface area contributed by atoms with Crippen molar-refractivity contribution in [2.24, 2.45) is 16.5 Å². The number of aliphatic imine (C=N–C) groups is 1. The van der Waals surface area contributed by atoms with Crippen molar-refractivity contribution in [1.82, 2.24) is 5.32 Å². The monoisotopic (exact) mass is 270 g/mol. The van der Waals surface area contributed by atoms with Crippen LogP contribution in [0.4, 0.5) is 13.2 Å². The fraction of sp³-hybridized carbons (Fsp3) is 0.250. The van der Waals surface area contributed by atoms with Crippen LogP contribution >= 0.6 is 0 Å². The molecule has 1 aliphatic heterocycles. The van der Waals surface area contributed by atoms with Crippen LogP contribution in [-0.2, 0) is 11.8 Å². The minimum Gasteiger partial charge on any atom is -0.370 e. The summed E-state index contributed by atoms with van der Waals surface area (Å²) in [6.07, 6.45) is -2.79. The minimum absolute atomic E-state index is 0.119. The summed E-state index contributed by atoms with van der Waals surface area (Å²) in [5.74, 6) is 0.119. The van der Waals surface area contributed by atoms with E-state index < -0.39 is 17.4 Å². The first-order valence-electron chi connectivity index (χ1n) is 5.49. The average Bonchev–Trinajstić information content (AvgIpc) is 2.33. The predicted octanol–water partition coefficient (Wildman–Crippen LogP) is 1.64. The average molecular weight is 270 g/mol. The molecule has 0 spiro atoms. The third-order valence-electron chi connectivity index (χ3n) is 2.99. The molecule has 1 atom stereocenters. The molecule has 1 aromatic rings. The Kier molecular flexibility index (Phi) is 3.01. The molecule has 0 bridgehead atoms. The van der Waals surface area contributed by atoms with Crippen LogP contribution in [0.25, 0.3) is 0 Å². The zero-order chi connectivity index (χ0) is 14.3. The number of benzene rings is 1. The van der Waals surface area contributed by atoms with Crippen LogP contribution in [0.1, 0.15) is 18.1 Å². The molecule has 7 heteroatoms. The zero-order valence-corrected chi connectivity index (χ0v) is 10.1. The number of nitrogens with zero attached hydrogens (tertiary/aromatic N) is 1. The van der Waals surface area contributed by atoms with E-state index in [0.29, 0.717) is 11.1 Å². The SMILES string of the molecule is CC1=CNC(N)=NC1(N)c1ccc(C(F)(F)F)cc1. The largest absolute Gasteiger partial charge is 0.416 e. The van der Waals surface area contributed by atoms with Crippen LogP contribution in [0.3, 0.4) is 0 Å². The van der Waals surface area contributed by atoms with E-state index in [0.717, 1.165) is 12.1 Å². The highest BCUT2D eigenvalue weighted by Gasteiger charge is 2.34. The molecule has 1 unspecified atom stereocenters. The van der Waals surface area contributed by atoms with E-state index in [1.54, 1.807) is 13.1 Å². The lowest BCUT2D eigenvalue weighted by Gasteiger charge is -2.30. The Morgan fingerprint density at radius 2 is 1.79 bits per heavy atom. The standard InChI is InChI=1S/C12H13F3N4/c1-7-6-18-10(16)19-11(7,17)8-2-4-9(5-3-8)12(13,14)15/h2-6H,17H2,1H3,(H3,16,18,19). The number of nitrogens with one attached hydrogen (secondary N) is 1. The van der Waals surface area contributed by atoms with Crippen molar-refractivity contribution in [3.63, 3.8) is 0 Å². The van der Waals surface area contributed by atoms with Crippen LogP contribution in [0.5, 0.6) is 0 Å². The highest BCUT2D eigenvalue weighted by molar-refractivity contribution is 5.81. The van der Waals surface area contributed by atoms with E-state index in [2.05, 4.69) is 10.3 Å². The predicted molar refractivity (Wildman–Crippen MR) is 65.8 cm³/mol. The second-order valence-corrected chi connectivity index (χ2v) is 4.31.